The van der Waals surface area contributed by atoms with E-state index in [-0.39, 0.29) is 0 Å². The Morgan fingerprint density at radius 2 is 1.65 bits per heavy atom. The first-order valence-electron chi connectivity index (χ1n) is 3.78. The summed E-state index contributed by atoms with van der Waals surface area (Å²) in [6, 6.07) is 0.696. The minimum Gasteiger partial charge on any atom is -0.501 e. The third-order valence-corrected chi connectivity index (χ3v) is 2.59. The van der Waals surface area contributed by atoms with Crippen LogP contribution in [0.25, 0.3) is 0 Å². The first-order valence-corrected chi connectivity index (χ1v) is 5.22. The van der Waals surface area contributed by atoms with Gasteiger partial charge < -0.3 is 5.11 Å². The van der Waals surface area contributed by atoms with Gasteiger partial charge >= 0.3 is 5.69 Å². The predicted molar refractivity (Wildman–Crippen MR) is 51.2 cm³/mol. The topological polar surface area (TPSA) is 161 Å². The first-order chi connectivity index (χ1) is 7.64. The van der Waals surface area contributed by atoms with Crippen molar-refractivity contribution in [2.75, 3.05) is 0 Å². The molecule has 0 aliphatic heterocycles. The first kappa shape index (κ1) is 12.8. The number of nitrogens with zero attached hydrogens (tertiary/aromatic N) is 2. The lowest BCUT2D eigenvalue weighted by Gasteiger charge is -2.01. The maximum atomic E-state index is 10.8. The molecule has 0 fully saturated rings. The van der Waals surface area contributed by atoms with Gasteiger partial charge in [-0.1, -0.05) is 0 Å². The summed E-state index contributed by atoms with van der Waals surface area (Å²) in [5, 5.41) is 30.0. The molecule has 17 heavy (non-hydrogen) atoms. The van der Waals surface area contributed by atoms with Crippen molar-refractivity contribution in [3.05, 3.63) is 32.4 Å². The van der Waals surface area contributed by atoms with Crippen molar-refractivity contribution in [1.29, 1.82) is 0 Å². The number of hydrogen-bond acceptors (Lipinski definition) is 7. The number of nitro benzene ring substituents is 2. The van der Waals surface area contributed by atoms with Crippen molar-refractivity contribution in [2.45, 2.75) is 4.90 Å². The van der Waals surface area contributed by atoms with Crippen LogP contribution in [0.5, 0.6) is 5.75 Å². The van der Waals surface area contributed by atoms with Crippen LogP contribution in [-0.4, -0.2) is 27.9 Å². The SMILES string of the molecule is O=[N+]([O-])c1cc([N+](=O)[O-])c(O)c(S(=O)(=O)O)c1. The van der Waals surface area contributed by atoms with Crippen LogP contribution in [-0.2, 0) is 10.1 Å². The van der Waals surface area contributed by atoms with Crippen LogP contribution < -0.4 is 0 Å². The molecule has 0 radical (unpaired) electrons. The highest BCUT2D eigenvalue weighted by Crippen LogP contribution is 2.36. The number of phenolic OH excluding ortho intramolecular Hbond substituents is 1. The van der Waals surface area contributed by atoms with Crippen LogP contribution in [0.3, 0.4) is 0 Å². The molecule has 0 atom stereocenters. The van der Waals surface area contributed by atoms with Gasteiger partial charge in [0.2, 0.25) is 5.75 Å². The fraction of sp³-hybridized carbons (Fsp3) is 0. The number of non-ortho nitro benzene ring substituents is 1. The molecule has 2 N–H and O–H groups in total. The normalized spacial score (nSPS) is 11.1. The van der Waals surface area contributed by atoms with Gasteiger partial charge in [0, 0.05) is 6.07 Å². The Morgan fingerprint density at radius 3 is 2.00 bits per heavy atom. The van der Waals surface area contributed by atoms with E-state index in [0.29, 0.717) is 12.1 Å². The van der Waals surface area contributed by atoms with Crippen molar-refractivity contribution in [3.8, 4) is 5.75 Å². The molecule has 0 aromatic heterocycles. The molecule has 0 amide bonds. The van der Waals surface area contributed by atoms with Gasteiger partial charge in [-0.25, -0.2) is 0 Å². The highest BCUT2D eigenvalue weighted by molar-refractivity contribution is 7.86. The van der Waals surface area contributed by atoms with Gasteiger partial charge in [-0.15, -0.1) is 0 Å². The van der Waals surface area contributed by atoms with Crippen LogP contribution in [0.4, 0.5) is 11.4 Å². The molecule has 0 aliphatic carbocycles. The molecular weight excluding hydrogens is 260 g/mol. The maximum Gasteiger partial charge on any atom is 0.319 e. The second kappa shape index (κ2) is 3.95. The number of aromatic hydroxyl groups is 1. The Kier molecular flexibility index (Phi) is 2.97. The van der Waals surface area contributed by atoms with Crippen LogP contribution in [0, 0.1) is 20.2 Å². The van der Waals surface area contributed by atoms with Gasteiger partial charge in [0.05, 0.1) is 15.9 Å². The Bertz CT molecular complexity index is 607. The van der Waals surface area contributed by atoms with Gasteiger partial charge in [-0.3, -0.25) is 24.8 Å². The molecular formula is C6H4N2O8S. The summed E-state index contributed by atoms with van der Waals surface area (Å²) in [7, 11) is -5.00. The summed E-state index contributed by atoms with van der Waals surface area (Å²) in [5.74, 6) is -1.36. The van der Waals surface area contributed by atoms with Gasteiger partial charge in [-0.05, 0) is 0 Å². The minimum atomic E-state index is -5.00. The van der Waals surface area contributed by atoms with Gasteiger partial charge in [0.1, 0.15) is 4.90 Å². The lowest BCUT2D eigenvalue weighted by Crippen LogP contribution is -2.02. The molecule has 0 spiro atoms. The van der Waals surface area contributed by atoms with E-state index >= 15 is 0 Å². The predicted octanol–water partition coefficient (Wildman–Crippen LogP) is 0.455. The molecule has 0 aliphatic rings. The summed E-state index contributed by atoms with van der Waals surface area (Å²) in [6.07, 6.45) is 0. The van der Waals surface area contributed by atoms with Crippen LogP contribution in [0.1, 0.15) is 0 Å². The molecule has 10 nitrogen and oxygen atoms in total. The molecule has 0 saturated heterocycles. The van der Waals surface area contributed by atoms with Crippen molar-refractivity contribution in [2.24, 2.45) is 0 Å². The second-order valence-corrected chi connectivity index (χ2v) is 4.19. The average molecular weight is 264 g/mol. The third kappa shape index (κ3) is 2.46. The quantitative estimate of drug-likeness (QED) is 0.451. The monoisotopic (exact) mass is 264 g/mol. The Morgan fingerprint density at radius 1 is 1.12 bits per heavy atom. The highest BCUT2D eigenvalue weighted by Gasteiger charge is 2.29. The summed E-state index contributed by atoms with van der Waals surface area (Å²) < 4.78 is 30.2. The molecule has 0 bridgehead atoms. The Balaban J connectivity index is 3.73. The Hall–Kier alpha value is -2.27. The second-order valence-electron chi connectivity index (χ2n) is 2.80. The largest absolute Gasteiger partial charge is 0.501 e. The van der Waals surface area contributed by atoms with E-state index in [0.717, 1.165) is 0 Å². The fourth-order valence-corrected chi connectivity index (χ4v) is 1.64. The molecule has 0 saturated carbocycles. The lowest BCUT2D eigenvalue weighted by molar-refractivity contribution is -0.395. The summed E-state index contributed by atoms with van der Waals surface area (Å²) in [4.78, 5) is 17.2. The van der Waals surface area contributed by atoms with E-state index in [9.17, 15) is 33.8 Å². The van der Waals surface area contributed by atoms with Gasteiger partial charge in [0.15, 0.2) is 0 Å². The summed E-state index contributed by atoms with van der Waals surface area (Å²) in [5.41, 5.74) is -2.13. The Labute approximate surface area is 93.2 Å². The number of hydrogen-bond donors (Lipinski definition) is 2. The standard InChI is InChI=1S/C6H4N2O8S/c9-6-4(8(12)13)1-3(7(10)11)2-5(6)17(14,15)16/h1-2,9H,(H,14,15,16). The van der Waals surface area contributed by atoms with E-state index in [1.54, 1.807) is 0 Å². The van der Waals surface area contributed by atoms with Gasteiger partial charge in [0.25, 0.3) is 15.8 Å². The van der Waals surface area contributed by atoms with Crippen LogP contribution >= 0.6 is 0 Å². The smallest absolute Gasteiger partial charge is 0.319 e. The van der Waals surface area contributed by atoms with Gasteiger partial charge in [-0.2, -0.15) is 8.42 Å². The van der Waals surface area contributed by atoms with Crippen molar-refractivity contribution >= 4 is 21.5 Å². The molecule has 1 rings (SSSR count). The van der Waals surface area contributed by atoms with Crippen LogP contribution in [0.2, 0.25) is 0 Å². The highest BCUT2D eigenvalue weighted by atomic mass is 32.2. The molecule has 0 heterocycles. The third-order valence-electron chi connectivity index (χ3n) is 1.73. The average Bonchev–Trinajstić information content (AvgIpc) is 2.15. The van der Waals surface area contributed by atoms with Crippen molar-refractivity contribution in [3.63, 3.8) is 0 Å². The van der Waals surface area contributed by atoms with E-state index in [4.69, 9.17) is 4.55 Å². The zero-order valence-electron chi connectivity index (χ0n) is 7.80. The zero-order valence-corrected chi connectivity index (χ0v) is 8.62. The number of rotatable bonds is 3. The van der Waals surface area contributed by atoms with E-state index < -0.39 is 42.0 Å². The summed E-state index contributed by atoms with van der Waals surface area (Å²) >= 11 is 0. The van der Waals surface area contributed by atoms with E-state index in [1.807, 2.05) is 0 Å². The molecule has 92 valence electrons. The molecule has 11 heteroatoms. The van der Waals surface area contributed by atoms with Crippen molar-refractivity contribution in [1.82, 2.24) is 0 Å². The maximum absolute atomic E-state index is 10.8. The number of nitro groups is 2. The number of phenols is 1. The zero-order chi connectivity index (χ0) is 13.4. The number of benzene rings is 1. The van der Waals surface area contributed by atoms with E-state index in [2.05, 4.69) is 0 Å². The molecule has 0 unspecified atom stereocenters. The molecule has 1 aromatic rings. The summed E-state index contributed by atoms with van der Waals surface area (Å²) in [6.45, 7) is 0. The fourth-order valence-electron chi connectivity index (χ4n) is 1.02. The van der Waals surface area contributed by atoms with E-state index in [1.165, 1.54) is 0 Å². The van der Waals surface area contributed by atoms with Crippen LogP contribution in [0.15, 0.2) is 17.0 Å². The van der Waals surface area contributed by atoms with Crippen molar-refractivity contribution < 1.29 is 27.9 Å². The minimum absolute atomic E-state index is 0.317. The lowest BCUT2D eigenvalue weighted by atomic mass is 10.2. The molecule has 1 aromatic carbocycles.